The molecule has 134 valence electrons. The second-order valence-electron chi connectivity index (χ2n) is 6.47. The maximum absolute atomic E-state index is 12.3. The Hall–Kier alpha value is -1.14. The number of hydrogen-bond donors (Lipinski definition) is 2. The first-order chi connectivity index (χ1) is 11.2. The standard InChI is InChI=1S/C18H27N3O2.ClH/c1-14-4-6-15(7-5-14)17(21-9-11-23-12-10-21)13-20-18(22)16-3-2-8-19-16;/h4-7,16-17,19H,2-3,8-13H2,1H3,(H,20,22);1H. The number of nitrogens with one attached hydrogen (secondary N) is 2. The second kappa shape index (κ2) is 9.37. The Morgan fingerprint density at radius 1 is 1.33 bits per heavy atom. The van der Waals surface area contributed by atoms with E-state index >= 15 is 0 Å². The highest BCUT2D eigenvalue weighted by Gasteiger charge is 2.26. The smallest absolute Gasteiger partial charge is 0.237 e. The molecule has 2 heterocycles. The van der Waals surface area contributed by atoms with Crippen molar-refractivity contribution >= 4 is 18.3 Å². The van der Waals surface area contributed by atoms with E-state index in [0.717, 1.165) is 45.7 Å². The largest absolute Gasteiger partial charge is 0.379 e. The molecule has 2 fully saturated rings. The molecule has 2 aliphatic rings. The number of amides is 1. The molecule has 2 aliphatic heterocycles. The molecule has 6 heteroatoms. The van der Waals surface area contributed by atoms with Crippen LogP contribution in [0.4, 0.5) is 0 Å². The van der Waals surface area contributed by atoms with Crippen LogP contribution < -0.4 is 10.6 Å². The van der Waals surface area contributed by atoms with Crippen molar-refractivity contribution in [1.29, 1.82) is 0 Å². The summed E-state index contributed by atoms with van der Waals surface area (Å²) in [5.41, 5.74) is 2.52. The van der Waals surface area contributed by atoms with E-state index in [1.54, 1.807) is 0 Å². The molecule has 2 saturated heterocycles. The van der Waals surface area contributed by atoms with Gasteiger partial charge in [0.25, 0.3) is 0 Å². The number of benzene rings is 1. The summed E-state index contributed by atoms with van der Waals surface area (Å²) in [7, 11) is 0. The summed E-state index contributed by atoms with van der Waals surface area (Å²) >= 11 is 0. The SMILES string of the molecule is Cc1ccc(C(CNC(=O)C2CCCN2)N2CCOCC2)cc1.Cl. The van der Waals surface area contributed by atoms with Crippen LogP contribution >= 0.6 is 12.4 Å². The van der Waals surface area contributed by atoms with Crippen molar-refractivity contribution in [2.75, 3.05) is 39.4 Å². The highest BCUT2D eigenvalue weighted by molar-refractivity contribution is 5.85. The average Bonchev–Trinajstić information content (AvgIpc) is 3.12. The van der Waals surface area contributed by atoms with Gasteiger partial charge in [-0.25, -0.2) is 0 Å². The Morgan fingerprint density at radius 3 is 2.67 bits per heavy atom. The van der Waals surface area contributed by atoms with Gasteiger partial charge in [-0.05, 0) is 31.9 Å². The molecule has 1 aromatic carbocycles. The summed E-state index contributed by atoms with van der Waals surface area (Å²) in [6, 6.07) is 8.83. The zero-order valence-electron chi connectivity index (χ0n) is 14.3. The van der Waals surface area contributed by atoms with Crippen LogP contribution in [0.2, 0.25) is 0 Å². The van der Waals surface area contributed by atoms with Crippen molar-refractivity contribution in [3.63, 3.8) is 0 Å². The lowest BCUT2D eigenvalue weighted by atomic mass is 10.0. The van der Waals surface area contributed by atoms with Crippen LogP contribution in [-0.4, -0.2) is 56.2 Å². The van der Waals surface area contributed by atoms with Crippen LogP contribution in [0.3, 0.4) is 0 Å². The van der Waals surface area contributed by atoms with Crippen LogP contribution in [0.1, 0.15) is 30.0 Å². The Balaban J connectivity index is 0.00000208. The van der Waals surface area contributed by atoms with Gasteiger partial charge in [-0.15, -0.1) is 12.4 Å². The van der Waals surface area contributed by atoms with Gasteiger partial charge >= 0.3 is 0 Å². The molecule has 24 heavy (non-hydrogen) atoms. The number of ether oxygens (including phenoxy) is 1. The average molecular weight is 354 g/mol. The summed E-state index contributed by atoms with van der Waals surface area (Å²) in [6.45, 7) is 7.05. The molecule has 0 spiro atoms. The lowest BCUT2D eigenvalue weighted by Crippen LogP contribution is -2.47. The summed E-state index contributed by atoms with van der Waals surface area (Å²) in [6.07, 6.45) is 2.03. The molecule has 3 rings (SSSR count). The third-order valence-corrected chi connectivity index (χ3v) is 4.80. The molecule has 0 bridgehead atoms. The van der Waals surface area contributed by atoms with Crippen LogP contribution in [0.15, 0.2) is 24.3 Å². The number of halogens is 1. The molecular weight excluding hydrogens is 326 g/mol. The number of aryl methyl sites for hydroxylation is 1. The second-order valence-corrected chi connectivity index (χ2v) is 6.47. The third kappa shape index (κ3) is 4.93. The molecule has 2 N–H and O–H groups in total. The van der Waals surface area contributed by atoms with Crippen molar-refractivity contribution in [3.8, 4) is 0 Å². The van der Waals surface area contributed by atoms with E-state index in [1.165, 1.54) is 11.1 Å². The van der Waals surface area contributed by atoms with Crippen LogP contribution in [0.5, 0.6) is 0 Å². The minimum absolute atomic E-state index is 0. The quantitative estimate of drug-likeness (QED) is 0.845. The van der Waals surface area contributed by atoms with Gasteiger partial charge in [-0.3, -0.25) is 9.69 Å². The predicted octanol–water partition coefficient (Wildman–Crippen LogP) is 1.66. The number of rotatable bonds is 5. The van der Waals surface area contributed by atoms with Crippen LogP contribution in [-0.2, 0) is 9.53 Å². The van der Waals surface area contributed by atoms with Crippen molar-refractivity contribution in [3.05, 3.63) is 35.4 Å². The highest BCUT2D eigenvalue weighted by atomic mass is 35.5. The third-order valence-electron chi connectivity index (χ3n) is 4.80. The van der Waals surface area contributed by atoms with Crippen LogP contribution in [0.25, 0.3) is 0 Å². The van der Waals surface area contributed by atoms with Gasteiger partial charge in [0.15, 0.2) is 0 Å². The molecule has 1 amide bonds. The number of morpholine rings is 1. The lowest BCUT2D eigenvalue weighted by molar-refractivity contribution is -0.123. The van der Waals surface area contributed by atoms with E-state index in [1.807, 2.05) is 0 Å². The van der Waals surface area contributed by atoms with Gasteiger partial charge in [0.2, 0.25) is 5.91 Å². The molecular formula is C18H28ClN3O2. The van der Waals surface area contributed by atoms with Crippen molar-refractivity contribution in [2.45, 2.75) is 31.8 Å². The van der Waals surface area contributed by atoms with E-state index in [2.05, 4.69) is 46.7 Å². The van der Waals surface area contributed by atoms with Gasteiger partial charge in [-0.2, -0.15) is 0 Å². The Morgan fingerprint density at radius 2 is 2.04 bits per heavy atom. The Kier molecular flexibility index (Phi) is 7.49. The fraction of sp³-hybridized carbons (Fsp3) is 0.611. The van der Waals surface area contributed by atoms with Gasteiger partial charge in [0, 0.05) is 19.6 Å². The fourth-order valence-electron chi connectivity index (χ4n) is 3.36. The summed E-state index contributed by atoms with van der Waals surface area (Å²) in [4.78, 5) is 14.7. The normalized spacial score (nSPS) is 22.6. The van der Waals surface area contributed by atoms with Gasteiger partial charge < -0.3 is 15.4 Å². The van der Waals surface area contributed by atoms with E-state index in [0.29, 0.717) is 6.54 Å². The maximum Gasteiger partial charge on any atom is 0.237 e. The molecule has 2 atom stereocenters. The zero-order valence-corrected chi connectivity index (χ0v) is 15.1. The summed E-state index contributed by atoms with van der Waals surface area (Å²) < 4.78 is 5.47. The minimum Gasteiger partial charge on any atom is -0.379 e. The van der Waals surface area contributed by atoms with Crippen molar-refractivity contribution < 1.29 is 9.53 Å². The van der Waals surface area contributed by atoms with Gasteiger partial charge in [0.05, 0.1) is 25.3 Å². The fourth-order valence-corrected chi connectivity index (χ4v) is 3.36. The first kappa shape index (κ1) is 19.2. The Labute approximate surface area is 150 Å². The first-order valence-electron chi connectivity index (χ1n) is 8.63. The lowest BCUT2D eigenvalue weighted by Gasteiger charge is -2.35. The first-order valence-corrected chi connectivity index (χ1v) is 8.63. The monoisotopic (exact) mass is 353 g/mol. The van der Waals surface area contributed by atoms with E-state index in [4.69, 9.17) is 4.74 Å². The molecule has 5 nitrogen and oxygen atoms in total. The highest BCUT2D eigenvalue weighted by Crippen LogP contribution is 2.22. The molecule has 0 aromatic heterocycles. The van der Waals surface area contributed by atoms with Gasteiger partial charge in [0.1, 0.15) is 0 Å². The maximum atomic E-state index is 12.3. The minimum atomic E-state index is -0.0154. The number of hydrogen-bond acceptors (Lipinski definition) is 4. The zero-order chi connectivity index (χ0) is 16.1. The van der Waals surface area contributed by atoms with Crippen molar-refractivity contribution in [2.24, 2.45) is 0 Å². The molecule has 2 unspecified atom stereocenters. The Bertz CT molecular complexity index is 512. The van der Waals surface area contributed by atoms with Gasteiger partial charge in [-0.1, -0.05) is 29.8 Å². The number of nitrogens with zero attached hydrogens (tertiary/aromatic N) is 1. The molecule has 0 radical (unpaired) electrons. The van der Waals surface area contributed by atoms with E-state index < -0.39 is 0 Å². The number of carbonyl (C=O) groups is 1. The molecule has 0 aliphatic carbocycles. The summed E-state index contributed by atoms with van der Waals surface area (Å²) in [5.74, 6) is 0.132. The topological polar surface area (TPSA) is 53.6 Å². The predicted molar refractivity (Wildman–Crippen MR) is 97.6 cm³/mol. The summed E-state index contributed by atoms with van der Waals surface area (Å²) in [5, 5.41) is 6.41. The van der Waals surface area contributed by atoms with Crippen molar-refractivity contribution in [1.82, 2.24) is 15.5 Å². The number of carbonyl (C=O) groups excluding carboxylic acids is 1. The van der Waals surface area contributed by atoms with E-state index in [9.17, 15) is 4.79 Å². The molecule has 0 saturated carbocycles. The van der Waals surface area contributed by atoms with Crippen LogP contribution in [0, 0.1) is 6.92 Å². The molecule has 1 aromatic rings. The van der Waals surface area contributed by atoms with E-state index in [-0.39, 0.29) is 30.4 Å².